The van der Waals surface area contributed by atoms with Crippen molar-refractivity contribution < 1.29 is 14.3 Å². The number of thiazole rings is 1. The summed E-state index contributed by atoms with van der Waals surface area (Å²) in [4.78, 5) is 17.4. The Balaban J connectivity index is 2.30. The van der Waals surface area contributed by atoms with Gasteiger partial charge in [-0.3, -0.25) is 0 Å². The van der Waals surface area contributed by atoms with Crippen LogP contribution in [-0.4, -0.2) is 24.2 Å². The summed E-state index contributed by atoms with van der Waals surface area (Å²) in [5.41, 5.74) is 0.171. The minimum atomic E-state index is -0.324. The fourth-order valence-corrected chi connectivity index (χ4v) is 3.90. The third-order valence-electron chi connectivity index (χ3n) is 3.74. The van der Waals surface area contributed by atoms with Gasteiger partial charge in [0.05, 0.1) is 6.61 Å². The maximum absolute atomic E-state index is 11.9. The van der Waals surface area contributed by atoms with Crippen LogP contribution in [0.4, 0.5) is 0 Å². The summed E-state index contributed by atoms with van der Waals surface area (Å²) in [6.07, 6.45) is 5.57. The molecule has 0 aliphatic heterocycles. The van der Waals surface area contributed by atoms with Gasteiger partial charge >= 0.3 is 5.97 Å². The van der Waals surface area contributed by atoms with Gasteiger partial charge in [0.25, 0.3) is 0 Å². The van der Waals surface area contributed by atoms with E-state index in [0.29, 0.717) is 18.9 Å². The molecule has 0 aromatic carbocycles. The molecule has 0 atom stereocenters. The molecule has 0 amide bonds. The molecule has 1 aromatic rings. The van der Waals surface area contributed by atoms with Gasteiger partial charge in [0.2, 0.25) is 0 Å². The first-order chi connectivity index (χ1) is 9.63. The van der Waals surface area contributed by atoms with Gasteiger partial charge < -0.3 is 9.47 Å². The van der Waals surface area contributed by atoms with Gasteiger partial charge in [-0.15, -0.1) is 11.3 Å². The van der Waals surface area contributed by atoms with E-state index in [1.165, 1.54) is 6.42 Å². The van der Waals surface area contributed by atoms with E-state index in [0.717, 1.165) is 35.6 Å². The van der Waals surface area contributed by atoms with E-state index in [9.17, 15) is 4.79 Å². The van der Waals surface area contributed by atoms with Crippen LogP contribution < -0.4 is 0 Å². The third-order valence-corrected chi connectivity index (χ3v) is 4.89. The molecule has 0 saturated heterocycles. The zero-order chi connectivity index (χ0) is 14.6. The minimum absolute atomic E-state index is 0.285. The van der Waals surface area contributed by atoms with Gasteiger partial charge in [0, 0.05) is 11.5 Å². The summed E-state index contributed by atoms with van der Waals surface area (Å²) in [6.45, 7) is 6.80. The highest BCUT2D eigenvalue weighted by molar-refractivity contribution is 7.12. The summed E-state index contributed by atoms with van der Waals surface area (Å²) >= 11 is 1.58. The number of rotatable bonds is 5. The van der Waals surface area contributed by atoms with E-state index in [1.807, 2.05) is 20.8 Å². The summed E-state index contributed by atoms with van der Waals surface area (Å²) < 4.78 is 11.1. The molecule has 0 radical (unpaired) electrons. The highest BCUT2D eigenvalue weighted by Gasteiger charge is 2.38. The van der Waals surface area contributed by atoms with Gasteiger partial charge in [-0.2, -0.15) is 0 Å². The summed E-state index contributed by atoms with van der Waals surface area (Å²) in [6, 6.07) is 0. The first-order valence-corrected chi connectivity index (χ1v) is 8.23. The lowest BCUT2D eigenvalue weighted by Crippen LogP contribution is -2.32. The molecule has 1 fully saturated rings. The van der Waals surface area contributed by atoms with E-state index >= 15 is 0 Å². The Hall–Kier alpha value is -0.940. The number of aryl methyl sites for hydroxylation is 1. The van der Waals surface area contributed by atoms with Crippen LogP contribution in [0.15, 0.2) is 0 Å². The summed E-state index contributed by atoms with van der Waals surface area (Å²) in [5.74, 6) is -0.324. The first kappa shape index (κ1) is 15.4. The Kier molecular flexibility index (Phi) is 5.16. The first-order valence-electron chi connectivity index (χ1n) is 7.42. The molecule has 20 heavy (non-hydrogen) atoms. The largest absolute Gasteiger partial charge is 0.461 e. The fraction of sp³-hybridized carbons (Fsp3) is 0.733. The second-order valence-corrected chi connectivity index (χ2v) is 6.34. The highest BCUT2D eigenvalue weighted by Crippen LogP contribution is 2.42. The quantitative estimate of drug-likeness (QED) is 0.775. The predicted molar refractivity (Wildman–Crippen MR) is 79.2 cm³/mol. The zero-order valence-electron chi connectivity index (χ0n) is 12.5. The number of hydrogen-bond acceptors (Lipinski definition) is 5. The molecular weight excluding hydrogens is 274 g/mol. The second-order valence-electron chi connectivity index (χ2n) is 5.13. The van der Waals surface area contributed by atoms with Crippen molar-refractivity contribution in [3.63, 3.8) is 0 Å². The number of nitrogens with zero attached hydrogens (tertiary/aromatic N) is 1. The number of ether oxygens (including phenoxy) is 2. The lowest BCUT2D eigenvalue weighted by Gasteiger charge is -2.35. The highest BCUT2D eigenvalue weighted by atomic mass is 32.1. The number of carbonyl (C=O) groups excluding carboxylic acids is 1. The van der Waals surface area contributed by atoms with Crippen LogP contribution in [0.3, 0.4) is 0 Å². The molecule has 1 saturated carbocycles. The zero-order valence-corrected chi connectivity index (χ0v) is 13.3. The van der Waals surface area contributed by atoms with Gasteiger partial charge in [0.15, 0.2) is 5.69 Å². The lowest BCUT2D eigenvalue weighted by atomic mass is 9.85. The molecular formula is C15H23NO3S. The average molecular weight is 297 g/mol. The van der Waals surface area contributed by atoms with E-state index < -0.39 is 0 Å². The Bertz CT molecular complexity index is 458. The van der Waals surface area contributed by atoms with E-state index in [1.54, 1.807) is 11.3 Å². The molecule has 5 heteroatoms. The van der Waals surface area contributed by atoms with Gasteiger partial charge in [-0.25, -0.2) is 9.78 Å². The molecule has 0 bridgehead atoms. The topological polar surface area (TPSA) is 48.4 Å². The Morgan fingerprint density at radius 1 is 1.25 bits per heavy atom. The Morgan fingerprint density at radius 2 is 1.95 bits per heavy atom. The number of esters is 1. The van der Waals surface area contributed by atoms with Crippen molar-refractivity contribution in [2.75, 3.05) is 13.2 Å². The van der Waals surface area contributed by atoms with Gasteiger partial charge in [0.1, 0.15) is 10.6 Å². The van der Waals surface area contributed by atoms with Gasteiger partial charge in [-0.05, 0) is 33.6 Å². The molecule has 1 aliphatic rings. The molecule has 1 aromatic heterocycles. The van der Waals surface area contributed by atoms with Crippen molar-refractivity contribution in [1.29, 1.82) is 0 Å². The molecule has 0 spiro atoms. The molecule has 1 heterocycles. The predicted octanol–water partition coefficient (Wildman–Crippen LogP) is 3.82. The molecule has 0 N–H and O–H groups in total. The summed E-state index contributed by atoms with van der Waals surface area (Å²) in [7, 11) is 0. The maximum atomic E-state index is 11.9. The molecule has 0 unspecified atom stereocenters. The van der Waals surface area contributed by atoms with E-state index in [4.69, 9.17) is 9.47 Å². The van der Waals surface area contributed by atoms with Crippen molar-refractivity contribution >= 4 is 17.3 Å². The van der Waals surface area contributed by atoms with Crippen LogP contribution in [0.5, 0.6) is 0 Å². The van der Waals surface area contributed by atoms with Crippen molar-refractivity contribution in [2.45, 2.75) is 58.5 Å². The monoisotopic (exact) mass is 297 g/mol. The molecule has 1 aliphatic carbocycles. The molecule has 2 rings (SSSR count). The molecule has 112 valence electrons. The van der Waals surface area contributed by atoms with Crippen molar-refractivity contribution in [3.8, 4) is 0 Å². The number of carbonyl (C=O) groups is 1. The van der Waals surface area contributed by atoms with Crippen LogP contribution in [0.2, 0.25) is 0 Å². The average Bonchev–Trinajstić information content (AvgIpc) is 2.83. The number of hydrogen-bond donors (Lipinski definition) is 0. The van der Waals surface area contributed by atoms with Crippen LogP contribution in [0.1, 0.15) is 66.3 Å². The third kappa shape index (κ3) is 3.04. The van der Waals surface area contributed by atoms with Crippen LogP contribution in [0.25, 0.3) is 0 Å². The van der Waals surface area contributed by atoms with E-state index in [-0.39, 0.29) is 11.6 Å². The number of aromatic nitrogens is 1. The summed E-state index contributed by atoms with van der Waals surface area (Å²) in [5, 5.41) is 0.944. The maximum Gasteiger partial charge on any atom is 0.358 e. The standard InChI is InChI=1S/C15H23NO3S/c1-4-18-13(17)12-11(3)20-14(16-12)15(19-5-2)9-7-6-8-10-15/h4-10H2,1-3H3. The minimum Gasteiger partial charge on any atom is -0.461 e. The Morgan fingerprint density at radius 3 is 2.55 bits per heavy atom. The molecule has 4 nitrogen and oxygen atoms in total. The Labute approximate surface area is 124 Å². The van der Waals surface area contributed by atoms with Crippen LogP contribution in [0, 0.1) is 6.92 Å². The second kappa shape index (κ2) is 6.68. The SMILES string of the molecule is CCOC(=O)c1nc(C2(OCC)CCCCC2)sc1C. The van der Waals surface area contributed by atoms with Crippen LogP contribution >= 0.6 is 11.3 Å². The van der Waals surface area contributed by atoms with Crippen molar-refractivity contribution in [3.05, 3.63) is 15.6 Å². The van der Waals surface area contributed by atoms with Gasteiger partial charge in [-0.1, -0.05) is 19.3 Å². The van der Waals surface area contributed by atoms with Crippen molar-refractivity contribution in [2.24, 2.45) is 0 Å². The smallest absolute Gasteiger partial charge is 0.358 e. The van der Waals surface area contributed by atoms with E-state index in [2.05, 4.69) is 4.98 Å². The lowest BCUT2D eigenvalue weighted by molar-refractivity contribution is -0.0705. The van der Waals surface area contributed by atoms with Crippen LogP contribution in [-0.2, 0) is 15.1 Å². The van der Waals surface area contributed by atoms with Crippen molar-refractivity contribution in [1.82, 2.24) is 4.98 Å². The fourth-order valence-electron chi connectivity index (χ4n) is 2.80. The normalized spacial score (nSPS) is 17.9.